The van der Waals surface area contributed by atoms with Crippen molar-refractivity contribution in [3.05, 3.63) is 71.2 Å². The Balaban J connectivity index is 1.51. The highest BCUT2D eigenvalue weighted by molar-refractivity contribution is 6.23. The van der Waals surface area contributed by atoms with Crippen LogP contribution in [0.25, 0.3) is 16.6 Å². The van der Waals surface area contributed by atoms with Crippen LogP contribution in [0.1, 0.15) is 28.7 Å². The summed E-state index contributed by atoms with van der Waals surface area (Å²) in [5, 5.41) is 18.9. The first kappa shape index (κ1) is 17.8. The molecule has 0 unspecified atom stereocenters. The summed E-state index contributed by atoms with van der Waals surface area (Å²) in [6.07, 6.45) is 0. The molecule has 0 bridgehead atoms. The number of hydrogen-bond donors (Lipinski definition) is 3. The Morgan fingerprint density at radius 1 is 1.25 bits per heavy atom. The van der Waals surface area contributed by atoms with Gasteiger partial charge in [0.25, 0.3) is 0 Å². The predicted molar refractivity (Wildman–Crippen MR) is 106 cm³/mol. The first-order valence-corrected chi connectivity index (χ1v) is 9.04. The van der Waals surface area contributed by atoms with Gasteiger partial charge >= 0.3 is 5.97 Å². The van der Waals surface area contributed by atoms with E-state index < -0.39 is 0 Å². The monoisotopic (exact) mass is 376 g/mol. The molecule has 7 nitrogen and oxygen atoms in total. The van der Waals surface area contributed by atoms with E-state index in [0.29, 0.717) is 30.1 Å². The van der Waals surface area contributed by atoms with Crippen LogP contribution in [0.4, 0.5) is 0 Å². The van der Waals surface area contributed by atoms with Crippen molar-refractivity contribution >= 4 is 28.4 Å². The molecule has 2 heterocycles. The highest BCUT2D eigenvalue weighted by atomic mass is 16.5. The fraction of sp³-hybridized carbons (Fsp3) is 0.190. The van der Waals surface area contributed by atoms with Gasteiger partial charge in [0.15, 0.2) is 0 Å². The van der Waals surface area contributed by atoms with Crippen molar-refractivity contribution in [2.45, 2.75) is 13.5 Å². The van der Waals surface area contributed by atoms with Crippen molar-refractivity contribution < 1.29 is 14.6 Å². The van der Waals surface area contributed by atoms with E-state index in [9.17, 15) is 9.90 Å². The van der Waals surface area contributed by atoms with Crippen LogP contribution in [-0.2, 0) is 11.3 Å². The van der Waals surface area contributed by atoms with E-state index in [1.54, 1.807) is 24.0 Å². The Labute approximate surface area is 161 Å². The fourth-order valence-electron chi connectivity index (χ4n) is 3.27. The van der Waals surface area contributed by atoms with Crippen LogP contribution in [-0.4, -0.2) is 44.9 Å². The number of hydrogen-bond acceptors (Lipinski definition) is 5. The van der Waals surface area contributed by atoms with Gasteiger partial charge in [-0.1, -0.05) is 24.3 Å². The van der Waals surface area contributed by atoms with Crippen LogP contribution >= 0.6 is 0 Å². The topological polar surface area (TPSA) is 102 Å². The molecule has 0 spiro atoms. The molecule has 142 valence electrons. The molecule has 1 aliphatic rings. The highest BCUT2D eigenvalue weighted by Crippen LogP contribution is 2.28. The fourth-order valence-corrected chi connectivity index (χ4v) is 3.27. The number of aromatic nitrogens is 2. The lowest BCUT2D eigenvalue weighted by molar-refractivity contribution is 0.0526. The average molecular weight is 376 g/mol. The maximum absolute atomic E-state index is 11.8. The standard InChI is InChI=1S/C21H20N4O3/c1-2-28-21(27)14-9-7-13(8-10-14)11-25-12-17(26)18(19(25)22)20-23-15-5-3-4-6-16(15)24-20/h3-10,22,26H,2,11-12H2,1H3,(H,23,24). The number of nitrogens with zero attached hydrogens (tertiary/aromatic N) is 2. The Morgan fingerprint density at radius 3 is 2.71 bits per heavy atom. The summed E-state index contributed by atoms with van der Waals surface area (Å²) >= 11 is 0. The van der Waals surface area contributed by atoms with Crippen molar-refractivity contribution in [1.82, 2.24) is 14.9 Å². The van der Waals surface area contributed by atoms with Gasteiger partial charge in [0, 0.05) is 6.54 Å². The zero-order chi connectivity index (χ0) is 19.7. The lowest BCUT2D eigenvalue weighted by Gasteiger charge is -2.18. The third-order valence-electron chi connectivity index (χ3n) is 4.65. The quantitative estimate of drug-likeness (QED) is 0.592. The normalized spacial score (nSPS) is 14.2. The second kappa shape index (κ2) is 7.19. The number of fused-ring (bicyclic) bond motifs is 1. The highest BCUT2D eigenvalue weighted by Gasteiger charge is 2.30. The zero-order valence-corrected chi connectivity index (χ0v) is 15.4. The molecule has 1 aliphatic heterocycles. The molecular weight excluding hydrogens is 356 g/mol. The number of esters is 1. The number of carbonyl (C=O) groups excluding carboxylic acids is 1. The van der Waals surface area contributed by atoms with E-state index in [1.807, 2.05) is 36.4 Å². The maximum Gasteiger partial charge on any atom is 0.338 e. The maximum atomic E-state index is 11.8. The second-order valence-electron chi connectivity index (χ2n) is 6.55. The van der Waals surface area contributed by atoms with E-state index in [-0.39, 0.29) is 24.1 Å². The Hall–Kier alpha value is -3.61. The number of carbonyl (C=O) groups is 1. The molecule has 0 atom stereocenters. The minimum atomic E-state index is -0.352. The van der Waals surface area contributed by atoms with Crippen molar-refractivity contribution in [3.63, 3.8) is 0 Å². The summed E-state index contributed by atoms with van der Waals surface area (Å²) < 4.78 is 4.99. The van der Waals surface area contributed by atoms with Crippen molar-refractivity contribution in [1.29, 1.82) is 5.41 Å². The largest absolute Gasteiger partial charge is 0.510 e. The van der Waals surface area contributed by atoms with Crippen molar-refractivity contribution in [2.75, 3.05) is 13.2 Å². The second-order valence-corrected chi connectivity index (χ2v) is 6.55. The summed E-state index contributed by atoms with van der Waals surface area (Å²) in [6.45, 7) is 2.78. The number of para-hydroxylation sites is 2. The molecular formula is C21H20N4O3. The van der Waals surface area contributed by atoms with Crippen LogP contribution in [0.15, 0.2) is 54.3 Å². The summed E-state index contributed by atoms with van der Waals surface area (Å²) in [5.74, 6) is 0.469. The lowest BCUT2D eigenvalue weighted by Crippen LogP contribution is -2.26. The number of aliphatic hydroxyl groups is 1. The van der Waals surface area contributed by atoms with Gasteiger partial charge < -0.3 is 19.7 Å². The first-order valence-electron chi connectivity index (χ1n) is 9.04. The molecule has 28 heavy (non-hydrogen) atoms. The molecule has 3 aromatic rings. The number of aliphatic hydroxyl groups excluding tert-OH is 1. The van der Waals surface area contributed by atoms with Crippen LogP contribution < -0.4 is 0 Å². The van der Waals surface area contributed by atoms with Gasteiger partial charge in [-0.05, 0) is 36.8 Å². The summed E-state index contributed by atoms with van der Waals surface area (Å²) in [4.78, 5) is 21.2. The van der Waals surface area contributed by atoms with Gasteiger partial charge in [-0.15, -0.1) is 0 Å². The van der Waals surface area contributed by atoms with Crippen LogP contribution in [0.5, 0.6) is 0 Å². The molecule has 0 saturated carbocycles. The van der Waals surface area contributed by atoms with E-state index >= 15 is 0 Å². The molecule has 3 N–H and O–H groups in total. The van der Waals surface area contributed by atoms with Gasteiger partial charge in [-0.25, -0.2) is 9.78 Å². The number of aromatic amines is 1. The summed E-state index contributed by atoms with van der Waals surface area (Å²) in [7, 11) is 0. The predicted octanol–water partition coefficient (Wildman–Crippen LogP) is 3.50. The first-order chi connectivity index (χ1) is 13.6. The van der Waals surface area contributed by atoms with Gasteiger partial charge in [0.05, 0.1) is 35.3 Å². The van der Waals surface area contributed by atoms with Crippen molar-refractivity contribution in [2.24, 2.45) is 0 Å². The minimum absolute atomic E-state index is 0.118. The Morgan fingerprint density at radius 2 is 2.00 bits per heavy atom. The van der Waals surface area contributed by atoms with E-state index in [0.717, 1.165) is 16.6 Å². The molecule has 2 aromatic carbocycles. The van der Waals surface area contributed by atoms with Crippen LogP contribution in [0.3, 0.4) is 0 Å². The summed E-state index contributed by atoms with van der Waals surface area (Å²) in [5.41, 5.74) is 3.49. The van der Waals surface area contributed by atoms with Gasteiger partial charge in [-0.3, -0.25) is 5.41 Å². The average Bonchev–Trinajstić information content (AvgIpc) is 3.22. The molecule has 0 fully saturated rings. The molecule has 0 radical (unpaired) electrons. The molecule has 1 aromatic heterocycles. The van der Waals surface area contributed by atoms with E-state index in [2.05, 4.69) is 9.97 Å². The molecule has 0 aliphatic carbocycles. The number of imidazole rings is 1. The SMILES string of the molecule is CCOC(=O)c1ccc(CN2CC(O)=C(c3nc4ccccc4[nH]3)C2=N)cc1. The van der Waals surface area contributed by atoms with Crippen molar-refractivity contribution in [3.8, 4) is 0 Å². The lowest BCUT2D eigenvalue weighted by atomic mass is 10.1. The number of ether oxygens (including phenoxy) is 1. The Kier molecular flexibility index (Phi) is 4.57. The third kappa shape index (κ3) is 3.22. The minimum Gasteiger partial charge on any atom is -0.510 e. The molecule has 7 heteroatoms. The van der Waals surface area contributed by atoms with Crippen LogP contribution in [0, 0.1) is 5.41 Å². The van der Waals surface area contributed by atoms with Crippen LogP contribution in [0.2, 0.25) is 0 Å². The van der Waals surface area contributed by atoms with Gasteiger partial charge in [0.2, 0.25) is 0 Å². The van der Waals surface area contributed by atoms with E-state index in [1.165, 1.54) is 0 Å². The molecule has 0 saturated heterocycles. The number of H-pyrrole nitrogens is 1. The number of benzene rings is 2. The summed E-state index contributed by atoms with van der Waals surface area (Å²) in [6, 6.07) is 14.7. The molecule has 4 rings (SSSR count). The third-order valence-corrected chi connectivity index (χ3v) is 4.65. The Bertz CT molecular complexity index is 1050. The zero-order valence-electron chi connectivity index (χ0n) is 15.4. The van der Waals surface area contributed by atoms with Gasteiger partial charge in [0.1, 0.15) is 17.4 Å². The number of nitrogens with one attached hydrogen (secondary N) is 2. The van der Waals surface area contributed by atoms with E-state index in [4.69, 9.17) is 10.1 Å². The molecule has 0 amide bonds. The smallest absolute Gasteiger partial charge is 0.338 e. The number of rotatable bonds is 5. The van der Waals surface area contributed by atoms with Gasteiger partial charge in [-0.2, -0.15) is 0 Å². The number of amidine groups is 1.